The lowest BCUT2D eigenvalue weighted by atomic mass is 10.1. The molecule has 0 saturated carbocycles. The number of benzene rings is 2. The van der Waals surface area contributed by atoms with Crippen LogP contribution in [0.1, 0.15) is 23.2 Å². The molecule has 0 bridgehead atoms. The Balaban J connectivity index is 1.81. The molecule has 0 aliphatic carbocycles. The van der Waals surface area contributed by atoms with Gasteiger partial charge in [0.2, 0.25) is 5.76 Å². The number of furan rings is 1. The first-order valence-electron chi connectivity index (χ1n) is 9.28. The van der Waals surface area contributed by atoms with E-state index in [0.29, 0.717) is 17.8 Å². The van der Waals surface area contributed by atoms with Gasteiger partial charge >= 0.3 is 5.97 Å². The number of halogens is 1. The second kappa shape index (κ2) is 7.83. The second-order valence-corrected chi connectivity index (χ2v) is 6.51. The van der Waals surface area contributed by atoms with Crippen molar-refractivity contribution in [2.45, 2.75) is 13.5 Å². The highest BCUT2D eigenvalue weighted by atomic mass is 19.1. The molecular formula is C23H20FNO4. The van der Waals surface area contributed by atoms with E-state index < -0.39 is 11.8 Å². The Morgan fingerprint density at radius 3 is 2.62 bits per heavy atom. The molecule has 0 aliphatic rings. The van der Waals surface area contributed by atoms with Gasteiger partial charge in [-0.15, -0.1) is 0 Å². The molecule has 0 atom stereocenters. The topological polar surface area (TPSA) is 53.6 Å². The standard InChI is InChI=1S/C23H20FNO4/c1-3-28-23(26)21-10-9-17(29-21)14-25-19(15-7-5-4-6-8-15)11-16-12-22(27-2)18(24)13-20(16)25/h4-13H,3,14H2,1-2H3. The summed E-state index contributed by atoms with van der Waals surface area (Å²) < 4.78 is 32.2. The fourth-order valence-electron chi connectivity index (χ4n) is 3.37. The van der Waals surface area contributed by atoms with Gasteiger partial charge in [-0.2, -0.15) is 0 Å². The molecule has 2 aromatic heterocycles. The molecule has 4 aromatic rings. The van der Waals surface area contributed by atoms with Crippen molar-refractivity contribution in [3.05, 3.63) is 78.0 Å². The third-order valence-electron chi connectivity index (χ3n) is 4.70. The Bertz CT molecular complexity index is 1160. The first kappa shape index (κ1) is 18.8. The number of aromatic nitrogens is 1. The molecule has 0 saturated heterocycles. The molecule has 6 heteroatoms. The van der Waals surface area contributed by atoms with Gasteiger partial charge in [0, 0.05) is 17.1 Å². The maximum Gasteiger partial charge on any atom is 0.374 e. The number of esters is 1. The first-order chi connectivity index (χ1) is 14.1. The van der Waals surface area contributed by atoms with E-state index >= 15 is 0 Å². The molecule has 4 rings (SSSR count). The minimum atomic E-state index is -0.504. The molecule has 0 radical (unpaired) electrons. The molecule has 148 valence electrons. The zero-order valence-corrected chi connectivity index (χ0v) is 16.1. The molecule has 5 nitrogen and oxygen atoms in total. The van der Waals surface area contributed by atoms with Crippen LogP contribution >= 0.6 is 0 Å². The van der Waals surface area contributed by atoms with Gasteiger partial charge in [0.1, 0.15) is 5.76 Å². The van der Waals surface area contributed by atoms with Crippen molar-refractivity contribution in [1.82, 2.24) is 4.57 Å². The third kappa shape index (κ3) is 3.61. The Morgan fingerprint density at radius 1 is 1.10 bits per heavy atom. The second-order valence-electron chi connectivity index (χ2n) is 6.51. The number of rotatable bonds is 6. The number of ether oxygens (including phenoxy) is 2. The number of carbonyl (C=O) groups is 1. The summed E-state index contributed by atoms with van der Waals surface area (Å²) in [5.41, 5.74) is 2.60. The minimum absolute atomic E-state index is 0.146. The van der Waals surface area contributed by atoms with Crippen molar-refractivity contribution in [3.63, 3.8) is 0 Å². The molecule has 2 aromatic carbocycles. The van der Waals surface area contributed by atoms with E-state index in [1.807, 2.05) is 41.0 Å². The molecule has 0 aliphatic heterocycles. The Morgan fingerprint density at radius 2 is 1.90 bits per heavy atom. The largest absolute Gasteiger partial charge is 0.494 e. The minimum Gasteiger partial charge on any atom is -0.494 e. The van der Waals surface area contributed by atoms with Crippen molar-refractivity contribution in [2.24, 2.45) is 0 Å². The quantitative estimate of drug-likeness (QED) is 0.419. The third-order valence-corrected chi connectivity index (χ3v) is 4.70. The van der Waals surface area contributed by atoms with Crippen LogP contribution in [0.2, 0.25) is 0 Å². The fraction of sp³-hybridized carbons (Fsp3) is 0.174. The summed E-state index contributed by atoms with van der Waals surface area (Å²) in [7, 11) is 1.44. The van der Waals surface area contributed by atoms with E-state index in [4.69, 9.17) is 13.9 Å². The number of carbonyl (C=O) groups excluding carboxylic acids is 1. The Hall–Kier alpha value is -3.54. The van der Waals surface area contributed by atoms with E-state index in [1.54, 1.807) is 25.1 Å². The van der Waals surface area contributed by atoms with Crippen LogP contribution < -0.4 is 4.74 Å². The monoisotopic (exact) mass is 393 g/mol. The SMILES string of the molecule is CCOC(=O)c1ccc(Cn2c(-c3ccccc3)cc3cc(OC)c(F)cc32)o1. The molecule has 29 heavy (non-hydrogen) atoms. The van der Waals surface area contributed by atoms with E-state index in [2.05, 4.69) is 0 Å². The molecule has 0 N–H and O–H groups in total. The molecule has 0 amide bonds. The van der Waals surface area contributed by atoms with E-state index in [0.717, 1.165) is 16.6 Å². The summed E-state index contributed by atoms with van der Waals surface area (Å²) in [5.74, 6) is -0.0379. The predicted octanol–water partition coefficient (Wildman–Crippen LogP) is 5.27. The van der Waals surface area contributed by atoms with Gasteiger partial charge in [-0.05, 0) is 36.8 Å². The van der Waals surface area contributed by atoms with Crippen molar-refractivity contribution in [2.75, 3.05) is 13.7 Å². The molecule has 0 spiro atoms. The molecule has 2 heterocycles. The lowest BCUT2D eigenvalue weighted by Crippen LogP contribution is -2.03. The highest BCUT2D eigenvalue weighted by Gasteiger charge is 2.17. The number of methoxy groups -OCH3 is 1. The summed E-state index contributed by atoms with van der Waals surface area (Å²) in [5, 5.41) is 0.847. The van der Waals surface area contributed by atoms with Gasteiger partial charge < -0.3 is 18.5 Å². The predicted molar refractivity (Wildman–Crippen MR) is 108 cm³/mol. The maximum atomic E-state index is 14.4. The van der Waals surface area contributed by atoms with Crippen LogP contribution in [0.25, 0.3) is 22.2 Å². The van der Waals surface area contributed by atoms with E-state index in [-0.39, 0.29) is 18.1 Å². The maximum absolute atomic E-state index is 14.4. The molecule has 0 fully saturated rings. The van der Waals surface area contributed by atoms with Crippen LogP contribution in [0.15, 0.2) is 65.1 Å². The van der Waals surface area contributed by atoms with Crippen molar-refractivity contribution in [1.29, 1.82) is 0 Å². The van der Waals surface area contributed by atoms with Crippen LogP contribution in [0.3, 0.4) is 0 Å². The van der Waals surface area contributed by atoms with E-state index in [9.17, 15) is 9.18 Å². The summed E-state index contributed by atoms with van der Waals surface area (Å²) in [6.07, 6.45) is 0. The average Bonchev–Trinajstić information content (AvgIpc) is 3.34. The first-order valence-corrected chi connectivity index (χ1v) is 9.28. The Labute approximate surface area is 167 Å². The summed E-state index contributed by atoms with van der Waals surface area (Å²) in [4.78, 5) is 11.9. The van der Waals surface area contributed by atoms with Gasteiger partial charge in [0.05, 0.1) is 25.8 Å². The zero-order chi connectivity index (χ0) is 20.4. The van der Waals surface area contributed by atoms with Gasteiger partial charge in [-0.25, -0.2) is 9.18 Å². The Kier molecular flexibility index (Phi) is 5.08. The summed E-state index contributed by atoms with van der Waals surface area (Å²) in [6, 6.07) is 18.3. The fourth-order valence-corrected chi connectivity index (χ4v) is 3.37. The number of nitrogens with zero attached hydrogens (tertiary/aromatic N) is 1. The van der Waals surface area contributed by atoms with Crippen molar-refractivity contribution >= 4 is 16.9 Å². The molecule has 0 unspecified atom stereocenters. The number of hydrogen-bond acceptors (Lipinski definition) is 4. The highest BCUT2D eigenvalue weighted by Crippen LogP contribution is 2.33. The normalized spacial score (nSPS) is 11.0. The van der Waals surface area contributed by atoms with Crippen molar-refractivity contribution < 1.29 is 23.1 Å². The van der Waals surface area contributed by atoms with Gasteiger partial charge in [-0.1, -0.05) is 30.3 Å². The van der Waals surface area contributed by atoms with Crippen molar-refractivity contribution in [3.8, 4) is 17.0 Å². The summed E-state index contributed by atoms with van der Waals surface area (Å²) >= 11 is 0. The van der Waals surface area contributed by atoms with Gasteiger partial charge in [-0.3, -0.25) is 0 Å². The van der Waals surface area contributed by atoms with Gasteiger partial charge in [0.25, 0.3) is 0 Å². The number of hydrogen-bond donors (Lipinski definition) is 0. The van der Waals surface area contributed by atoms with Crippen LogP contribution in [0.5, 0.6) is 5.75 Å². The average molecular weight is 393 g/mol. The number of fused-ring (bicyclic) bond motifs is 1. The van der Waals surface area contributed by atoms with Crippen LogP contribution in [0, 0.1) is 5.82 Å². The zero-order valence-electron chi connectivity index (χ0n) is 16.1. The van der Waals surface area contributed by atoms with Crippen LogP contribution in [-0.2, 0) is 11.3 Å². The summed E-state index contributed by atoms with van der Waals surface area (Å²) in [6.45, 7) is 2.35. The molecular weight excluding hydrogens is 373 g/mol. The lowest BCUT2D eigenvalue weighted by molar-refractivity contribution is 0.0488. The highest BCUT2D eigenvalue weighted by molar-refractivity contribution is 5.88. The van der Waals surface area contributed by atoms with Gasteiger partial charge in [0.15, 0.2) is 11.6 Å². The van der Waals surface area contributed by atoms with Crippen LogP contribution in [0.4, 0.5) is 4.39 Å². The lowest BCUT2D eigenvalue weighted by Gasteiger charge is -2.10. The van der Waals surface area contributed by atoms with E-state index in [1.165, 1.54) is 13.2 Å². The smallest absolute Gasteiger partial charge is 0.374 e. The van der Waals surface area contributed by atoms with Crippen LogP contribution in [-0.4, -0.2) is 24.3 Å².